The highest BCUT2D eigenvalue weighted by Crippen LogP contribution is 2.27. The molecule has 0 bridgehead atoms. The van der Waals surface area contributed by atoms with Crippen LogP contribution in [0.1, 0.15) is 49.8 Å². The minimum absolute atomic E-state index is 0.208. The Hall–Kier alpha value is -2.39. The Morgan fingerprint density at radius 2 is 1.74 bits per heavy atom. The lowest BCUT2D eigenvalue weighted by Crippen LogP contribution is -2.07. The quantitative estimate of drug-likeness (QED) is 0.462. The first-order valence-corrected chi connectivity index (χ1v) is 9.75. The summed E-state index contributed by atoms with van der Waals surface area (Å²) in [6.07, 6.45) is 4.31. The van der Waals surface area contributed by atoms with Gasteiger partial charge in [0.15, 0.2) is 0 Å². The van der Waals surface area contributed by atoms with Crippen LogP contribution in [0.15, 0.2) is 54.6 Å². The fraction of sp³-hybridized carbons (Fsp3) is 0.375. The van der Waals surface area contributed by atoms with Crippen LogP contribution in [-0.4, -0.2) is 17.7 Å². The van der Waals surface area contributed by atoms with E-state index in [0.717, 1.165) is 42.4 Å². The van der Waals surface area contributed by atoms with Gasteiger partial charge in [0.1, 0.15) is 6.61 Å². The minimum atomic E-state index is -0.330. The minimum Gasteiger partial charge on any atom is -0.457 e. The summed E-state index contributed by atoms with van der Waals surface area (Å²) in [5.74, 6) is -0.330. The number of aliphatic hydroxyl groups excluding tert-OH is 1. The topological polar surface area (TPSA) is 46.5 Å². The van der Waals surface area contributed by atoms with E-state index in [2.05, 4.69) is 56.0 Å². The van der Waals surface area contributed by atoms with Gasteiger partial charge in [0.25, 0.3) is 0 Å². The SMILES string of the molecule is C=C(CC)C(=O)OCc1cc(CCC)ccc1-c1ccc(CCCO)cc1. The maximum absolute atomic E-state index is 12.0. The standard InChI is InChI=1S/C24H30O3/c1-4-7-20-11-14-23(21-12-9-19(10-13-21)8-6-15-25)22(16-20)17-27-24(26)18(3)5-2/h9-14,16,25H,3-8,15,17H2,1-2H3. The number of hydrogen-bond acceptors (Lipinski definition) is 3. The van der Waals surface area contributed by atoms with Gasteiger partial charge in [-0.3, -0.25) is 0 Å². The van der Waals surface area contributed by atoms with Crippen molar-refractivity contribution in [3.63, 3.8) is 0 Å². The summed E-state index contributed by atoms with van der Waals surface area (Å²) >= 11 is 0. The summed E-state index contributed by atoms with van der Waals surface area (Å²) in [6.45, 7) is 8.26. The van der Waals surface area contributed by atoms with E-state index in [0.29, 0.717) is 12.0 Å². The zero-order valence-corrected chi connectivity index (χ0v) is 16.5. The predicted octanol–water partition coefficient (Wildman–Crippen LogP) is 5.24. The molecule has 0 fully saturated rings. The first-order chi connectivity index (χ1) is 13.1. The van der Waals surface area contributed by atoms with Crippen LogP contribution >= 0.6 is 0 Å². The molecule has 1 N–H and O–H groups in total. The summed E-state index contributed by atoms with van der Waals surface area (Å²) in [7, 11) is 0. The zero-order chi connectivity index (χ0) is 19.6. The van der Waals surface area contributed by atoms with Gasteiger partial charge in [-0.25, -0.2) is 4.79 Å². The highest BCUT2D eigenvalue weighted by molar-refractivity contribution is 5.87. The van der Waals surface area contributed by atoms with Crippen LogP contribution in [0.3, 0.4) is 0 Å². The van der Waals surface area contributed by atoms with Gasteiger partial charge >= 0.3 is 5.97 Å². The van der Waals surface area contributed by atoms with Crippen molar-refractivity contribution in [2.45, 2.75) is 52.6 Å². The highest BCUT2D eigenvalue weighted by Gasteiger charge is 2.11. The van der Waals surface area contributed by atoms with Gasteiger partial charge < -0.3 is 9.84 Å². The molecule has 0 heterocycles. The number of ether oxygens (including phenoxy) is 1. The van der Waals surface area contributed by atoms with Gasteiger partial charge in [0.05, 0.1) is 0 Å². The molecule has 0 aliphatic heterocycles. The Bertz CT molecular complexity index is 760. The molecule has 2 aromatic carbocycles. The first kappa shape index (κ1) is 20.9. The fourth-order valence-corrected chi connectivity index (χ4v) is 3.02. The Morgan fingerprint density at radius 3 is 2.37 bits per heavy atom. The number of carbonyl (C=O) groups is 1. The van der Waals surface area contributed by atoms with Crippen molar-refractivity contribution >= 4 is 5.97 Å². The Labute approximate surface area is 162 Å². The maximum Gasteiger partial charge on any atom is 0.333 e. The summed E-state index contributed by atoms with van der Waals surface area (Å²) in [5.41, 5.74) is 6.16. The lowest BCUT2D eigenvalue weighted by molar-refractivity contribution is -0.140. The molecule has 0 aromatic heterocycles. The average molecular weight is 367 g/mol. The third-order valence-corrected chi connectivity index (χ3v) is 4.67. The van der Waals surface area contributed by atoms with E-state index in [-0.39, 0.29) is 19.2 Å². The molecule has 0 radical (unpaired) electrons. The monoisotopic (exact) mass is 366 g/mol. The Kier molecular flexibility index (Phi) is 8.28. The smallest absolute Gasteiger partial charge is 0.333 e. The van der Waals surface area contributed by atoms with E-state index in [1.165, 1.54) is 11.1 Å². The summed E-state index contributed by atoms with van der Waals surface area (Å²) in [6, 6.07) is 14.8. The number of esters is 1. The van der Waals surface area contributed by atoms with Crippen LogP contribution in [-0.2, 0) is 29.0 Å². The maximum atomic E-state index is 12.0. The number of benzene rings is 2. The molecule has 0 saturated carbocycles. The van der Waals surface area contributed by atoms with Gasteiger partial charge in [-0.1, -0.05) is 69.3 Å². The van der Waals surface area contributed by atoms with E-state index in [4.69, 9.17) is 9.84 Å². The average Bonchev–Trinajstić information content (AvgIpc) is 2.70. The first-order valence-electron chi connectivity index (χ1n) is 9.75. The van der Waals surface area contributed by atoms with Crippen LogP contribution < -0.4 is 0 Å². The van der Waals surface area contributed by atoms with Crippen molar-refractivity contribution in [2.24, 2.45) is 0 Å². The molecular weight excluding hydrogens is 336 g/mol. The van der Waals surface area contributed by atoms with Crippen molar-refractivity contribution in [2.75, 3.05) is 6.61 Å². The summed E-state index contributed by atoms with van der Waals surface area (Å²) < 4.78 is 5.49. The van der Waals surface area contributed by atoms with Gasteiger partial charge in [0.2, 0.25) is 0 Å². The highest BCUT2D eigenvalue weighted by atomic mass is 16.5. The fourth-order valence-electron chi connectivity index (χ4n) is 3.02. The third kappa shape index (κ3) is 6.07. The number of carbonyl (C=O) groups excluding carboxylic acids is 1. The molecule has 0 unspecified atom stereocenters. The summed E-state index contributed by atoms with van der Waals surface area (Å²) in [5, 5.41) is 8.98. The molecule has 144 valence electrons. The van der Waals surface area contributed by atoms with Crippen LogP contribution in [0.2, 0.25) is 0 Å². The lowest BCUT2D eigenvalue weighted by Gasteiger charge is -2.14. The van der Waals surface area contributed by atoms with Crippen LogP contribution in [0.4, 0.5) is 0 Å². The van der Waals surface area contributed by atoms with Crippen molar-refractivity contribution < 1.29 is 14.6 Å². The van der Waals surface area contributed by atoms with Gasteiger partial charge in [-0.05, 0) is 53.5 Å². The second-order valence-corrected chi connectivity index (χ2v) is 6.80. The van der Waals surface area contributed by atoms with Gasteiger partial charge in [-0.2, -0.15) is 0 Å². The van der Waals surface area contributed by atoms with E-state index >= 15 is 0 Å². The predicted molar refractivity (Wildman–Crippen MR) is 111 cm³/mol. The molecule has 0 atom stereocenters. The molecule has 0 saturated heterocycles. The molecule has 2 aromatic rings. The van der Waals surface area contributed by atoms with Crippen LogP contribution in [0.5, 0.6) is 0 Å². The molecule has 0 spiro atoms. The van der Waals surface area contributed by atoms with Crippen molar-refractivity contribution in [3.8, 4) is 11.1 Å². The molecular formula is C24H30O3. The Morgan fingerprint density at radius 1 is 1.04 bits per heavy atom. The zero-order valence-electron chi connectivity index (χ0n) is 16.5. The summed E-state index contributed by atoms with van der Waals surface area (Å²) in [4.78, 5) is 12.0. The third-order valence-electron chi connectivity index (χ3n) is 4.67. The van der Waals surface area contributed by atoms with Crippen LogP contribution in [0.25, 0.3) is 11.1 Å². The normalized spacial score (nSPS) is 10.6. The molecule has 27 heavy (non-hydrogen) atoms. The van der Waals surface area contributed by atoms with Crippen molar-refractivity contribution in [1.29, 1.82) is 0 Å². The van der Waals surface area contributed by atoms with E-state index in [9.17, 15) is 4.79 Å². The van der Waals surface area contributed by atoms with Crippen LogP contribution in [0, 0.1) is 0 Å². The Balaban J connectivity index is 2.25. The van der Waals surface area contributed by atoms with E-state index in [1.54, 1.807) is 0 Å². The van der Waals surface area contributed by atoms with E-state index in [1.807, 2.05) is 6.92 Å². The molecule has 0 aliphatic carbocycles. The van der Waals surface area contributed by atoms with Gasteiger partial charge in [0, 0.05) is 12.2 Å². The van der Waals surface area contributed by atoms with E-state index < -0.39 is 0 Å². The van der Waals surface area contributed by atoms with Crippen molar-refractivity contribution in [3.05, 3.63) is 71.3 Å². The second-order valence-electron chi connectivity index (χ2n) is 6.80. The molecule has 0 aliphatic rings. The molecule has 0 amide bonds. The number of aryl methyl sites for hydroxylation is 2. The number of aliphatic hydroxyl groups is 1. The molecule has 3 nitrogen and oxygen atoms in total. The van der Waals surface area contributed by atoms with Gasteiger partial charge in [-0.15, -0.1) is 0 Å². The second kappa shape index (κ2) is 10.7. The lowest BCUT2D eigenvalue weighted by atomic mass is 9.95. The number of hydrogen-bond donors (Lipinski definition) is 1. The number of rotatable bonds is 10. The molecule has 3 heteroatoms. The molecule has 2 rings (SSSR count). The largest absolute Gasteiger partial charge is 0.457 e. The van der Waals surface area contributed by atoms with Crippen molar-refractivity contribution in [1.82, 2.24) is 0 Å².